The van der Waals surface area contributed by atoms with Crippen LogP contribution < -0.4 is 10.5 Å². The molecule has 2 atom stereocenters. The van der Waals surface area contributed by atoms with E-state index in [0.29, 0.717) is 16.9 Å². The maximum atomic E-state index is 14.3. The van der Waals surface area contributed by atoms with Gasteiger partial charge in [-0.1, -0.05) is 34.1 Å². The molecule has 0 saturated heterocycles. The number of fused-ring (bicyclic) bond motifs is 2. The van der Waals surface area contributed by atoms with Crippen molar-refractivity contribution in [3.63, 3.8) is 0 Å². The first kappa shape index (κ1) is 16.1. The number of nitrogens with zero attached hydrogens (tertiary/aromatic N) is 2. The third-order valence-electron chi connectivity index (χ3n) is 4.70. The number of rotatable bonds is 1. The predicted molar refractivity (Wildman–Crippen MR) is 94.6 cm³/mol. The Labute approximate surface area is 152 Å². The molecule has 25 heavy (non-hydrogen) atoms. The molecule has 1 spiro atoms. The summed E-state index contributed by atoms with van der Waals surface area (Å²) >= 11 is 3.42. The zero-order chi connectivity index (χ0) is 17.8. The van der Waals surface area contributed by atoms with E-state index >= 15 is 0 Å². The van der Waals surface area contributed by atoms with Gasteiger partial charge >= 0.3 is 0 Å². The summed E-state index contributed by atoms with van der Waals surface area (Å²) in [5.74, 6) is 0.0287. The second-order valence-corrected chi connectivity index (χ2v) is 7.08. The highest BCUT2D eigenvalue weighted by atomic mass is 79.9. The van der Waals surface area contributed by atoms with Crippen LogP contribution in [0, 0.1) is 5.82 Å². The molecule has 0 aromatic heterocycles. The molecule has 0 aliphatic carbocycles. The maximum absolute atomic E-state index is 14.3. The molecule has 1 amide bonds. The molecule has 2 aliphatic rings. The minimum atomic E-state index is -1.21. The standard InChI is InChI=1S/C18H15BrFN3O2/c1-23-16(24)18(22-17(23)21)9-15(11-4-2-3-5-13(11)20)25-14-7-6-10(19)8-12(14)18/h2-8,15H,9H2,1H3,(H2,21,22). The highest BCUT2D eigenvalue weighted by Gasteiger charge is 2.54. The van der Waals surface area contributed by atoms with E-state index in [1.807, 2.05) is 6.07 Å². The first-order chi connectivity index (χ1) is 11.9. The van der Waals surface area contributed by atoms with E-state index in [2.05, 4.69) is 20.9 Å². The van der Waals surface area contributed by atoms with Crippen molar-refractivity contribution in [2.45, 2.75) is 18.1 Å². The van der Waals surface area contributed by atoms with E-state index in [1.165, 1.54) is 11.0 Å². The fourth-order valence-corrected chi connectivity index (χ4v) is 3.78. The summed E-state index contributed by atoms with van der Waals surface area (Å²) in [5.41, 5.74) is 5.73. The first-order valence-corrected chi connectivity index (χ1v) is 8.56. The zero-order valence-corrected chi connectivity index (χ0v) is 15.0. The molecule has 128 valence electrons. The quantitative estimate of drug-likeness (QED) is 0.795. The lowest BCUT2D eigenvalue weighted by atomic mass is 9.80. The van der Waals surface area contributed by atoms with Crippen molar-refractivity contribution in [2.24, 2.45) is 10.7 Å². The van der Waals surface area contributed by atoms with Crippen molar-refractivity contribution < 1.29 is 13.9 Å². The van der Waals surface area contributed by atoms with Gasteiger partial charge in [-0.25, -0.2) is 9.38 Å². The Kier molecular flexibility index (Phi) is 3.57. The van der Waals surface area contributed by atoms with Gasteiger partial charge in [-0.2, -0.15) is 0 Å². The van der Waals surface area contributed by atoms with E-state index in [0.717, 1.165) is 4.47 Å². The van der Waals surface area contributed by atoms with Gasteiger partial charge in [-0.05, 0) is 24.3 Å². The average molecular weight is 404 g/mol. The highest BCUT2D eigenvalue weighted by Crippen LogP contribution is 2.50. The topological polar surface area (TPSA) is 67.9 Å². The maximum Gasteiger partial charge on any atom is 0.261 e. The third-order valence-corrected chi connectivity index (χ3v) is 5.19. The Balaban J connectivity index is 1.91. The fraction of sp³-hybridized carbons (Fsp3) is 0.222. The van der Waals surface area contributed by atoms with Crippen LogP contribution in [0.5, 0.6) is 5.75 Å². The van der Waals surface area contributed by atoms with Crippen molar-refractivity contribution >= 4 is 27.8 Å². The molecular weight excluding hydrogens is 389 g/mol. The summed E-state index contributed by atoms with van der Waals surface area (Å²) in [6.07, 6.45) is -0.455. The van der Waals surface area contributed by atoms with Crippen molar-refractivity contribution in [3.05, 3.63) is 63.9 Å². The number of guanidine groups is 1. The Bertz CT molecular complexity index is 917. The molecule has 2 aromatic rings. The minimum Gasteiger partial charge on any atom is -0.485 e. The van der Waals surface area contributed by atoms with Gasteiger partial charge in [0.1, 0.15) is 17.7 Å². The van der Waals surface area contributed by atoms with Gasteiger partial charge < -0.3 is 10.5 Å². The summed E-state index contributed by atoms with van der Waals surface area (Å²) < 4.78 is 21.1. The molecule has 0 radical (unpaired) electrons. The lowest BCUT2D eigenvalue weighted by molar-refractivity contribution is -0.132. The predicted octanol–water partition coefficient (Wildman–Crippen LogP) is 3.09. The number of aliphatic imine (C=N–C) groups is 1. The van der Waals surface area contributed by atoms with Crippen LogP contribution in [0.25, 0.3) is 0 Å². The summed E-state index contributed by atoms with van der Waals surface area (Å²) in [6.45, 7) is 0. The number of likely N-dealkylation sites (N-methyl/N-ethyl adjacent to an activating group) is 1. The summed E-state index contributed by atoms with van der Waals surface area (Å²) in [4.78, 5) is 18.8. The van der Waals surface area contributed by atoms with Gasteiger partial charge in [0.05, 0.1) is 0 Å². The van der Waals surface area contributed by atoms with Crippen molar-refractivity contribution in [1.82, 2.24) is 4.90 Å². The molecule has 5 nitrogen and oxygen atoms in total. The average Bonchev–Trinajstić information content (AvgIpc) is 2.80. The Morgan fingerprint density at radius 1 is 1.36 bits per heavy atom. The lowest BCUT2D eigenvalue weighted by Crippen LogP contribution is -2.43. The van der Waals surface area contributed by atoms with E-state index in [9.17, 15) is 9.18 Å². The zero-order valence-electron chi connectivity index (χ0n) is 13.4. The van der Waals surface area contributed by atoms with Gasteiger partial charge in [-0.3, -0.25) is 9.69 Å². The molecule has 0 saturated carbocycles. The molecule has 0 fully saturated rings. The van der Waals surface area contributed by atoms with Crippen LogP contribution in [-0.2, 0) is 10.3 Å². The number of ether oxygens (including phenoxy) is 1. The molecule has 7 heteroatoms. The van der Waals surface area contributed by atoms with Gasteiger partial charge in [0.25, 0.3) is 5.91 Å². The van der Waals surface area contributed by atoms with Crippen LogP contribution in [0.4, 0.5) is 4.39 Å². The number of halogens is 2. The number of carbonyl (C=O) groups excluding carboxylic acids is 1. The van der Waals surface area contributed by atoms with Crippen molar-refractivity contribution in [1.29, 1.82) is 0 Å². The number of nitrogens with two attached hydrogens (primary N) is 1. The van der Waals surface area contributed by atoms with Gasteiger partial charge in [-0.15, -0.1) is 0 Å². The Morgan fingerprint density at radius 2 is 2.12 bits per heavy atom. The largest absolute Gasteiger partial charge is 0.485 e. The summed E-state index contributed by atoms with van der Waals surface area (Å²) in [7, 11) is 1.58. The molecule has 4 rings (SSSR count). The molecule has 0 bridgehead atoms. The van der Waals surface area contributed by atoms with Crippen molar-refractivity contribution in [2.75, 3.05) is 7.05 Å². The van der Waals surface area contributed by atoms with Crippen LogP contribution in [0.3, 0.4) is 0 Å². The smallest absolute Gasteiger partial charge is 0.261 e. The number of amides is 1. The molecule has 2 aromatic carbocycles. The number of hydrogen-bond acceptors (Lipinski definition) is 4. The van der Waals surface area contributed by atoms with Gasteiger partial charge in [0, 0.05) is 29.1 Å². The van der Waals surface area contributed by atoms with Gasteiger partial charge in [0.15, 0.2) is 11.5 Å². The van der Waals surface area contributed by atoms with E-state index in [1.54, 1.807) is 37.4 Å². The highest BCUT2D eigenvalue weighted by molar-refractivity contribution is 9.10. The van der Waals surface area contributed by atoms with Crippen LogP contribution in [-0.4, -0.2) is 23.8 Å². The summed E-state index contributed by atoms with van der Waals surface area (Å²) in [5, 5.41) is 0. The van der Waals surface area contributed by atoms with Crippen molar-refractivity contribution in [3.8, 4) is 5.75 Å². The third kappa shape index (κ3) is 2.33. The summed E-state index contributed by atoms with van der Waals surface area (Å²) in [6, 6.07) is 11.8. The van der Waals surface area contributed by atoms with Crippen LogP contribution >= 0.6 is 15.9 Å². The van der Waals surface area contributed by atoms with E-state index in [-0.39, 0.29) is 24.1 Å². The second kappa shape index (κ2) is 5.56. The number of carbonyl (C=O) groups is 1. The second-order valence-electron chi connectivity index (χ2n) is 6.17. The Morgan fingerprint density at radius 3 is 2.80 bits per heavy atom. The van der Waals surface area contributed by atoms with Crippen LogP contribution in [0.2, 0.25) is 0 Å². The SMILES string of the molecule is CN1C(=O)C2(CC(c3ccccc3F)Oc3ccc(Br)cc32)N=C1N. The molecule has 2 N–H and O–H groups in total. The van der Waals surface area contributed by atoms with Crippen LogP contribution in [0.15, 0.2) is 51.9 Å². The lowest BCUT2D eigenvalue weighted by Gasteiger charge is -2.37. The molecular formula is C18H15BrFN3O2. The fourth-order valence-electron chi connectivity index (χ4n) is 3.42. The first-order valence-electron chi connectivity index (χ1n) is 7.77. The molecule has 2 unspecified atom stereocenters. The molecule has 2 aliphatic heterocycles. The van der Waals surface area contributed by atoms with Gasteiger partial charge in [0.2, 0.25) is 0 Å². The Hall–Kier alpha value is -2.41. The van der Waals surface area contributed by atoms with E-state index < -0.39 is 11.6 Å². The van der Waals surface area contributed by atoms with Crippen LogP contribution in [0.1, 0.15) is 23.7 Å². The molecule has 2 heterocycles. The normalized spacial score (nSPS) is 24.9. The van der Waals surface area contributed by atoms with E-state index in [4.69, 9.17) is 10.5 Å². The number of benzene rings is 2. The number of hydrogen-bond donors (Lipinski definition) is 1. The monoisotopic (exact) mass is 403 g/mol. The minimum absolute atomic E-state index is 0.144.